The van der Waals surface area contributed by atoms with E-state index in [1.165, 1.54) is 11.1 Å². The molecule has 7 nitrogen and oxygen atoms in total. The van der Waals surface area contributed by atoms with Crippen LogP contribution in [0.1, 0.15) is 30.9 Å². The maximum absolute atomic E-state index is 11.5. The molecule has 2 heterocycles. The Morgan fingerprint density at radius 1 is 1.24 bits per heavy atom. The molecule has 2 aromatic rings. The monoisotopic (exact) mass is 399 g/mol. The van der Waals surface area contributed by atoms with Crippen molar-refractivity contribution in [2.45, 2.75) is 32.7 Å². The lowest BCUT2D eigenvalue weighted by atomic mass is 9.99. The van der Waals surface area contributed by atoms with E-state index in [1.54, 1.807) is 18.3 Å². The van der Waals surface area contributed by atoms with Crippen molar-refractivity contribution < 1.29 is 19.5 Å². The van der Waals surface area contributed by atoms with Gasteiger partial charge in [-0.2, -0.15) is 4.73 Å². The Morgan fingerprint density at radius 3 is 2.97 bits per heavy atom. The number of rotatable bonds is 9. The Balaban J connectivity index is 1.44. The van der Waals surface area contributed by atoms with E-state index in [-0.39, 0.29) is 5.97 Å². The Kier molecular flexibility index (Phi) is 7.69. The molecule has 156 valence electrons. The molecule has 0 radical (unpaired) electrons. The van der Waals surface area contributed by atoms with Crippen molar-refractivity contribution in [3.8, 4) is 5.75 Å². The van der Waals surface area contributed by atoms with Crippen molar-refractivity contribution in [2.75, 3.05) is 32.8 Å². The average molecular weight is 399 g/mol. The molecule has 1 aromatic heterocycles. The third kappa shape index (κ3) is 6.35. The van der Waals surface area contributed by atoms with Crippen LogP contribution in [0.5, 0.6) is 5.75 Å². The minimum Gasteiger partial charge on any atom is -0.494 e. The van der Waals surface area contributed by atoms with Crippen LogP contribution in [-0.2, 0) is 22.5 Å². The van der Waals surface area contributed by atoms with Gasteiger partial charge in [-0.05, 0) is 48.7 Å². The SMILES string of the molecule is CCOC(=O)CCN1CCc2cc(OCCCN=c3ccccn3O)ccc2C1. The number of hydrogen-bond acceptors (Lipinski definition) is 6. The molecular formula is C22H29N3O4. The van der Waals surface area contributed by atoms with E-state index in [0.29, 0.717) is 31.7 Å². The highest BCUT2D eigenvalue weighted by Gasteiger charge is 2.17. The fraction of sp³-hybridized carbons (Fsp3) is 0.455. The lowest BCUT2D eigenvalue weighted by Crippen LogP contribution is -2.32. The number of benzene rings is 1. The highest BCUT2D eigenvalue weighted by Crippen LogP contribution is 2.24. The van der Waals surface area contributed by atoms with Gasteiger partial charge < -0.3 is 14.7 Å². The normalized spacial score (nSPS) is 14.4. The maximum Gasteiger partial charge on any atom is 0.307 e. The van der Waals surface area contributed by atoms with Crippen LogP contribution in [0.3, 0.4) is 0 Å². The van der Waals surface area contributed by atoms with Gasteiger partial charge in [-0.1, -0.05) is 12.1 Å². The Bertz CT molecular complexity index is 878. The molecule has 1 N–H and O–H groups in total. The summed E-state index contributed by atoms with van der Waals surface area (Å²) < 4.78 is 11.9. The first kappa shape index (κ1) is 20.9. The molecule has 0 saturated carbocycles. The van der Waals surface area contributed by atoms with Gasteiger partial charge in [-0.25, -0.2) is 0 Å². The first-order chi connectivity index (χ1) is 14.2. The topological polar surface area (TPSA) is 76.3 Å². The molecule has 0 unspecified atom stereocenters. The van der Waals surface area contributed by atoms with E-state index >= 15 is 0 Å². The van der Waals surface area contributed by atoms with Crippen LogP contribution >= 0.6 is 0 Å². The lowest BCUT2D eigenvalue weighted by molar-refractivity contribution is -0.143. The molecule has 0 amide bonds. The number of nitrogens with zero attached hydrogens (tertiary/aromatic N) is 3. The van der Waals surface area contributed by atoms with Gasteiger partial charge >= 0.3 is 5.97 Å². The van der Waals surface area contributed by atoms with Gasteiger partial charge in [0.1, 0.15) is 5.75 Å². The number of carbonyl (C=O) groups is 1. The third-order valence-electron chi connectivity index (χ3n) is 4.87. The molecule has 0 bridgehead atoms. The number of pyridine rings is 1. The van der Waals surface area contributed by atoms with Crippen LogP contribution in [-0.4, -0.2) is 53.7 Å². The van der Waals surface area contributed by atoms with Gasteiger partial charge in [0.25, 0.3) is 0 Å². The molecule has 0 fully saturated rings. The van der Waals surface area contributed by atoms with Gasteiger partial charge in [0.05, 0.1) is 19.6 Å². The zero-order chi connectivity index (χ0) is 20.5. The summed E-state index contributed by atoms with van der Waals surface area (Å²) in [7, 11) is 0. The standard InChI is InChI=1S/C22H29N3O4/c1-2-28-22(26)10-14-24-13-9-18-16-20(8-7-19(18)17-24)29-15-5-11-23-21-6-3-4-12-25(21)27/h3-4,6-8,12,16,27H,2,5,9-11,13-15,17H2,1H3. The summed E-state index contributed by atoms with van der Waals surface area (Å²) in [6.45, 7) is 5.95. The first-order valence-corrected chi connectivity index (χ1v) is 10.2. The Hall–Kier alpha value is -2.80. The maximum atomic E-state index is 11.5. The smallest absolute Gasteiger partial charge is 0.307 e. The van der Waals surface area contributed by atoms with Crippen molar-refractivity contribution in [3.05, 3.63) is 59.2 Å². The van der Waals surface area contributed by atoms with Crippen LogP contribution in [0.4, 0.5) is 0 Å². The Morgan fingerprint density at radius 2 is 2.14 bits per heavy atom. The van der Waals surface area contributed by atoms with Crippen LogP contribution in [0.25, 0.3) is 0 Å². The summed E-state index contributed by atoms with van der Waals surface area (Å²) >= 11 is 0. The summed E-state index contributed by atoms with van der Waals surface area (Å²) in [5, 5.41) is 9.63. The quantitative estimate of drug-likeness (QED) is 0.398. The van der Waals surface area contributed by atoms with E-state index in [0.717, 1.165) is 43.0 Å². The molecule has 1 aromatic carbocycles. The fourth-order valence-electron chi connectivity index (χ4n) is 3.35. The van der Waals surface area contributed by atoms with E-state index in [4.69, 9.17) is 9.47 Å². The van der Waals surface area contributed by atoms with Crippen LogP contribution in [0.15, 0.2) is 47.6 Å². The molecule has 29 heavy (non-hydrogen) atoms. The van der Waals surface area contributed by atoms with E-state index in [2.05, 4.69) is 22.0 Å². The average Bonchev–Trinajstić information content (AvgIpc) is 2.73. The van der Waals surface area contributed by atoms with Crippen molar-refractivity contribution in [3.63, 3.8) is 0 Å². The summed E-state index contributed by atoms with van der Waals surface area (Å²) in [5.41, 5.74) is 3.14. The predicted octanol–water partition coefficient (Wildman–Crippen LogP) is 2.41. The van der Waals surface area contributed by atoms with E-state index in [9.17, 15) is 10.0 Å². The summed E-state index contributed by atoms with van der Waals surface area (Å²) in [6, 6.07) is 11.6. The van der Waals surface area contributed by atoms with E-state index < -0.39 is 0 Å². The number of fused-ring (bicyclic) bond motifs is 1. The van der Waals surface area contributed by atoms with Crippen LogP contribution < -0.4 is 10.2 Å². The van der Waals surface area contributed by atoms with Gasteiger partial charge in [0.2, 0.25) is 0 Å². The number of hydrogen-bond donors (Lipinski definition) is 1. The molecule has 1 aliphatic rings. The van der Waals surface area contributed by atoms with Crippen molar-refractivity contribution in [2.24, 2.45) is 4.99 Å². The molecular weight excluding hydrogens is 370 g/mol. The molecule has 0 aliphatic carbocycles. The van der Waals surface area contributed by atoms with Gasteiger partial charge in [0, 0.05) is 38.8 Å². The van der Waals surface area contributed by atoms with E-state index in [1.807, 2.05) is 19.1 Å². The molecule has 0 atom stereocenters. The fourth-order valence-corrected chi connectivity index (χ4v) is 3.35. The molecule has 0 spiro atoms. The number of aromatic nitrogens is 1. The lowest BCUT2D eigenvalue weighted by Gasteiger charge is -2.28. The predicted molar refractivity (Wildman–Crippen MR) is 109 cm³/mol. The van der Waals surface area contributed by atoms with Crippen molar-refractivity contribution >= 4 is 5.97 Å². The summed E-state index contributed by atoms with van der Waals surface area (Å²) in [6.07, 6.45) is 3.72. The Labute approximate surface area is 171 Å². The molecule has 7 heteroatoms. The first-order valence-electron chi connectivity index (χ1n) is 10.2. The second-order valence-corrected chi connectivity index (χ2v) is 7.00. The molecule has 1 aliphatic heterocycles. The third-order valence-corrected chi connectivity index (χ3v) is 4.87. The van der Waals surface area contributed by atoms with Crippen molar-refractivity contribution in [1.29, 1.82) is 0 Å². The second-order valence-electron chi connectivity index (χ2n) is 7.00. The molecule has 0 saturated heterocycles. The van der Waals surface area contributed by atoms with Crippen LogP contribution in [0, 0.1) is 0 Å². The summed E-state index contributed by atoms with van der Waals surface area (Å²) in [4.78, 5) is 18.2. The highest BCUT2D eigenvalue weighted by molar-refractivity contribution is 5.69. The number of carbonyl (C=O) groups excluding carboxylic acids is 1. The largest absolute Gasteiger partial charge is 0.494 e. The zero-order valence-corrected chi connectivity index (χ0v) is 16.9. The molecule has 3 rings (SSSR count). The number of ether oxygens (including phenoxy) is 2. The summed E-state index contributed by atoms with van der Waals surface area (Å²) in [5.74, 6) is 0.746. The van der Waals surface area contributed by atoms with Gasteiger partial charge in [-0.3, -0.25) is 14.7 Å². The number of esters is 1. The van der Waals surface area contributed by atoms with Crippen molar-refractivity contribution in [1.82, 2.24) is 9.63 Å². The zero-order valence-electron chi connectivity index (χ0n) is 16.9. The van der Waals surface area contributed by atoms with Crippen LogP contribution in [0.2, 0.25) is 0 Å². The highest BCUT2D eigenvalue weighted by atomic mass is 16.5. The second kappa shape index (κ2) is 10.7. The van der Waals surface area contributed by atoms with Gasteiger partial charge in [0.15, 0.2) is 5.49 Å². The minimum absolute atomic E-state index is 0.130. The van der Waals surface area contributed by atoms with Gasteiger partial charge in [-0.15, -0.1) is 0 Å². The minimum atomic E-state index is -0.130.